The first-order valence-electron chi connectivity index (χ1n) is 7.93. The average Bonchev–Trinajstić information content (AvgIpc) is 2.87. The van der Waals surface area contributed by atoms with Crippen LogP contribution >= 0.6 is 0 Å². The van der Waals surface area contributed by atoms with Crippen molar-refractivity contribution in [3.8, 4) is 0 Å². The molecular formula is C15H29N3O. The van der Waals surface area contributed by atoms with Gasteiger partial charge in [-0.25, -0.2) is 0 Å². The zero-order valence-electron chi connectivity index (χ0n) is 12.5. The lowest BCUT2D eigenvalue weighted by Crippen LogP contribution is -2.61. The summed E-state index contributed by atoms with van der Waals surface area (Å²) < 4.78 is 0. The van der Waals surface area contributed by atoms with E-state index in [2.05, 4.69) is 24.1 Å². The Kier molecular flexibility index (Phi) is 4.85. The number of carbonyl (C=O) groups excluding carboxylic acids is 1. The summed E-state index contributed by atoms with van der Waals surface area (Å²) in [4.78, 5) is 14.6. The summed E-state index contributed by atoms with van der Waals surface area (Å²) >= 11 is 0. The number of hydrogen-bond acceptors (Lipinski definition) is 3. The third kappa shape index (κ3) is 2.95. The van der Waals surface area contributed by atoms with Crippen LogP contribution in [0.5, 0.6) is 0 Å². The number of primary amides is 1. The van der Waals surface area contributed by atoms with Gasteiger partial charge in [-0.15, -0.1) is 0 Å². The Labute approximate surface area is 117 Å². The van der Waals surface area contributed by atoms with Crippen LogP contribution in [0.15, 0.2) is 0 Å². The van der Waals surface area contributed by atoms with Gasteiger partial charge in [-0.05, 0) is 58.0 Å². The minimum absolute atomic E-state index is 0.161. The largest absolute Gasteiger partial charge is 0.368 e. The lowest BCUT2D eigenvalue weighted by molar-refractivity contribution is -0.126. The van der Waals surface area contributed by atoms with Gasteiger partial charge in [-0.3, -0.25) is 9.69 Å². The summed E-state index contributed by atoms with van der Waals surface area (Å²) in [7, 11) is 0. The summed E-state index contributed by atoms with van der Waals surface area (Å²) in [6, 6.07) is 1.25. The summed E-state index contributed by atoms with van der Waals surface area (Å²) in [6.45, 7) is 6.34. The van der Waals surface area contributed by atoms with E-state index < -0.39 is 5.54 Å². The maximum atomic E-state index is 11.9. The Morgan fingerprint density at radius 1 is 1.37 bits per heavy atom. The second-order valence-electron chi connectivity index (χ2n) is 6.17. The maximum absolute atomic E-state index is 11.9. The van der Waals surface area contributed by atoms with Crippen LogP contribution in [0.4, 0.5) is 0 Å². The number of nitrogens with zero attached hydrogens (tertiary/aromatic N) is 1. The molecule has 0 aromatic carbocycles. The normalized spacial score (nSPS) is 36.5. The average molecular weight is 267 g/mol. The fourth-order valence-corrected chi connectivity index (χ4v) is 4.12. The van der Waals surface area contributed by atoms with E-state index >= 15 is 0 Å². The Balaban J connectivity index is 2.09. The van der Waals surface area contributed by atoms with E-state index in [9.17, 15) is 4.79 Å². The first-order valence-corrected chi connectivity index (χ1v) is 7.93. The number of nitrogens with two attached hydrogens (primary N) is 1. The van der Waals surface area contributed by atoms with Crippen molar-refractivity contribution in [3.63, 3.8) is 0 Å². The summed E-state index contributed by atoms with van der Waals surface area (Å²) in [5.74, 6) is -0.161. The molecule has 1 aliphatic carbocycles. The summed E-state index contributed by atoms with van der Waals surface area (Å²) in [5, 5.41) is 3.38. The molecule has 2 fully saturated rings. The van der Waals surface area contributed by atoms with Crippen molar-refractivity contribution < 1.29 is 4.79 Å². The number of carbonyl (C=O) groups is 1. The van der Waals surface area contributed by atoms with Gasteiger partial charge in [0.1, 0.15) is 0 Å². The molecule has 2 rings (SSSR count). The molecule has 3 unspecified atom stereocenters. The van der Waals surface area contributed by atoms with Crippen LogP contribution in [0.1, 0.15) is 58.8 Å². The molecular weight excluding hydrogens is 238 g/mol. The van der Waals surface area contributed by atoms with Crippen LogP contribution in [-0.2, 0) is 4.79 Å². The van der Waals surface area contributed by atoms with E-state index in [1.807, 2.05) is 0 Å². The van der Waals surface area contributed by atoms with Gasteiger partial charge in [0.15, 0.2) is 0 Å². The highest BCUT2D eigenvalue weighted by Gasteiger charge is 2.43. The van der Waals surface area contributed by atoms with Gasteiger partial charge in [-0.1, -0.05) is 13.8 Å². The van der Waals surface area contributed by atoms with Crippen molar-refractivity contribution in [3.05, 3.63) is 0 Å². The van der Waals surface area contributed by atoms with Crippen molar-refractivity contribution in [1.29, 1.82) is 0 Å². The topological polar surface area (TPSA) is 58.4 Å². The molecule has 0 radical (unpaired) electrons. The van der Waals surface area contributed by atoms with Crippen molar-refractivity contribution >= 4 is 5.91 Å². The van der Waals surface area contributed by atoms with Gasteiger partial charge in [0.05, 0.1) is 5.54 Å². The highest BCUT2D eigenvalue weighted by molar-refractivity contribution is 5.84. The highest BCUT2D eigenvalue weighted by atomic mass is 16.1. The Morgan fingerprint density at radius 2 is 2.16 bits per heavy atom. The molecule has 19 heavy (non-hydrogen) atoms. The second-order valence-corrected chi connectivity index (χ2v) is 6.17. The van der Waals surface area contributed by atoms with E-state index in [0.717, 1.165) is 31.8 Å². The van der Waals surface area contributed by atoms with Crippen LogP contribution in [-0.4, -0.2) is 41.5 Å². The molecule has 0 spiro atoms. The Bertz CT molecular complexity index is 317. The monoisotopic (exact) mass is 267 g/mol. The fraction of sp³-hybridized carbons (Fsp3) is 0.933. The Hall–Kier alpha value is -0.610. The van der Waals surface area contributed by atoms with Crippen molar-refractivity contribution in [2.24, 2.45) is 5.73 Å². The quantitative estimate of drug-likeness (QED) is 0.796. The molecule has 0 bridgehead atoms. The predicted molar refractivity (Wildman–Crippen MR) is 77.9 cm³/mol. The zero-order valence-corrected chi connectivity index (χ0v) is 12.5. The zero-order chi connectivity index (χ0) is 13.9. The maximum Gasteiger partial charge on any atom is 0.237 e. The van der Waals surface area contributed by atoms with Gasteiger partial charge in [-0.2, -0.15) is 0 Å². The molecule has 0 aromatic rings. The SMILES string of the molecule is CCNC1(C(N)=O)CCCC(N2CCCC2CC)C1. The van der Waals surface area contributed by atoms with E-state index in [4.69, 9.17) is 5.73 Å². The molecule has 2 aliphatic rings. The van der Waals surface area contributed by atoms with Crippen LogP contribution in [0.25, 0.3) is 0 Å². The lowest BCUT2D eigenvalue weighted by Gasteiger charge is -2.44. The van der Waals surface area contributed by atoms with Crippen LogP contribution in [0, 0.1) is 0 Å². The molecule has 1 amide bonds. The van der Waals surface area contributed by atoms with Gasteiger partial charge in [0.25, 0.3) is 0 Å². The minimum Gasteiger partial charge on any atom is -0.368 e. The second kappa shape index (κ2) is 6.23. The van der Waals surface area contributed by atoms with Crippen LogP contribution in [0.2, 0.25) is 0 Å². The smallest absolute Gasteiger partial charge is 0.237 e. The van der Waals surface area contributed by atoms with E-state index in [0.29, 0.717) is 6.04 Å². The third-order valence-electron chi connectivity index (χ3n) is 5.07. The molecule has 4 nitrogen and oxygen atoms in total. The number of likely N-dealkylation sites (N-methyl/N-ethyl adjacent to an activating group) is 1. The minimum atomic E-state index is -0.460. The molecule has 3 atom stereocenters. The Morgan fingerprint density at radius 3 is 2.79 bits per heavy atom. The number of amides is 1. The molecule has 3 N–H and O–H groups in total. The van der Waals surface area contributed by atoms with E-state index in [-0.39, 0.29) is 5.91 Å². The van der Waals surface area contributed by atoms with Crippen molar-refractivity contribution in [1.82, 2.24) is 10.2 Å². The number of rotatable bonds is 5. The first kappa shape index (κ1) is 14.8. The molecule has 4 heteroatoms. The highest BCUT2D eigenvalue weighted by Crippen LogP contribution is 2.35. The van der Waals surface area contributed by atoms with Crippen molar-refractivity contribution in [2.45, 2.75) is 76.4 Å². The van der Waals surface area contributed by atoms with Crippen molar-refractivity contribution in [2.75, 3.05) is 13.1 Å². The lowest BCUT2D eigenvalue weighted by atomic mass is 9.77. The van der Waals surface area contributed by atoms with Crippen LogP contribution in [0.3, 0.4) is 0 Å². The number of nitrogens with one attached hydrogen (secondary N) is 1. The first-order chi connectivity index (χ1) is 9.13. The number of hydrogen-bond donors (Lipinski definition) is 2. The molecule has 0 aromatic heterocycles. The molecule has 110 valence electrons. The fourth-order valence-electron chi connectivity index (χ4n) is 4.12. The standard InChI is InChI=1S/C15H29N3O/c1-3-12-8-6-10-18(12)13-7-5-9-15(11-13,14(16)19)17-4-2/h12-13,17H,3-11H2,1-2H3,(H2,16,19). The van der Waals surface area contributed by atoms with Gasteiger partial charge in [0, 0.05) is 12.1 Å². The summed E-state index contributed by atoms with van der Waals surface area (Å²) in [6.07, 6.45) is 7.97. The predicted octanol–water partition coefficient (Wildman–Crippen LogP) is 1.64. The molecule has 1 saturated heterocycles. The van der Waals surface area contributed by atoms with Gasteiger partial charge in [0.2, 0.25) is 5.91 Å². The third-order valence-corrected chi connectivity index (χ3v) is 5.07. The van der Waals surface area contributed by atoms with Gasteiger partial charge < -0.3 is 11.1 Å². The van der Waals surface area contributed by atoms with Gasteiger partial charge >= 0.3 is 0 Å². The van der Waals surface area contributed by atoms with E-state index in [1.165, 1.54) is 32.2 Å². The van der Waals surface area contributed by atoms with Crippen LogP contribution < -0.4 is 11.1 Å². The molecule has 1 aliphatic heterocycles. The summed E-state index contributed by atoms with van der Waals surface area (Å²) in [5.41, 5.74) is 5.24. The molecule has 1 heterocycles. The molecule has 1 saturated carbocycles. The van der Waals surface area contributed by atoms with E-state index in [1.54, 1.807) is 0 Å². The number of likely N-dealkylation sites (tertiary alicyclic amines) is 1.